The molecule has 0 aliphatic rings. The van der Waals surface area contributed by atoms with Crippen LogP contribution in [0.25, 0.3) is 0 Å². The smallest absolute Gasteiger partial charge is 0.416 e. The number of nitrogens with one attached hydrogen (secondary N) is 1. The number of ether oxygens (including phenoxy) is 2. The first-order valence-electron chi connectivity index (χ1n) is 7.30. The summed E-state index contributed by atoms with van der Waals surface area (Å²) in [6, 6.07) is 8.64. The molecular weight excluding hydrogens is 353 g/mol. The van der Waals surface area contributed by atoms with Crippen LogP contribution in [0.4, 0.5) is 23.7 Å². The van der Waals surface area contributed by atoms with Crippen molar-refractivity contribution in [1.29, 1.82) is 0 Å². The quantitative estimate of drug-likeness (QED) is 0.426. The Hall–Kier alpha value is -2.98. The van der Waals surface area contributed by atoms with Crippen molar-refractivity contribution in [3.05, 3.63) is 53.6 Å². The molecule has 0 heterocycles. The molecule has 5 N–H and O–H groups in total. The SMILES string of the molecule is COc1cccc(N(N)C(=O)NN)c1OCc1ccccc1C(F)(F)F. The van der Waals surface area contributed by atoms with Gasteiger partial charge in [-0.3, -0.25) is 5.43 Å². The number of hydrogen-bond donors (Lipinski definition) is 3. The van der Waals surface area contributed by atoms with Gasteiger partial charge < -0.3 is 9.47 Å². The third-order valence-electron chi connectivity index (χ3n) is 3.47. The predicted octanol–water partition coefficient (Wildman–Crippen LogP) is 2.56. The number of hydrogen-bond acceptors (Lipinski definition) is 5. The Bertz CT molecular complexity index is 784. The lowest BCUT2D eigenvalue weighted by atomic mass is 10.1. The number of urea groups is 1. The van der Waals surface area contributed by atoms with Gasteiger partial charge >= 0.3 is 12.2 Å². The van der Waals surface area contributed by atoms with E-state index in [1.54, 1.807) is 0 Å². The van der Waals surface area contributed by atoms with Gasteiger partial charge in [-0.25, -0.2) is 21.5 Å². The average Bonchev–Trinajstić information content (AvgIpc) is 2.64. The minimum Gasteiger partial charge on any atom is -0.493 e. The Labute approximate surface area is 147 Å². The van der Waals surface area contributed by atoms with Crippen molar-refractivity contribution in [3.63, 3.8) is 0 Å². The lowest BCUT2D eigenvalue weighted by molar-refractivity contribution is -0.138. The fourth-order valence-corrected chi connectivity index (χ4v) is 2.25. The van der Waals surface area contributed by atoms with Crippen LogP contribution in [-0.2, 0) is 12.8 Å². The molecule has 140 valence electrons. The van der Waals surface area contributed by atoms with E-state index in [9.17, 15) is 18.0 Å². The van der Waals surface area contributed by atoms with Gasteiger partial charge in [0.2, 0.25) is 0 Å². The van der Waals surface area contributed by atoms with Crippen molar-refractivity contribution in [1.82, 2.24) is 5.43 Å². The molecule has 0 atom stereocenters. The van der Waals surface area contributed by atoms with E-state index in [1.165, 1.54) is 43.5 Å². The van der Waals surface area contributed by atoms with Gasteiger partial charge in [-0.2, -0.15) is 13.2 Å². The summed E-state index contributed by atoms with van der Waals surface area (Å²) in [5, 5.41) is 0.660. The molecule has 2 rings (SSSR count). The number of para-hydroxylation sites is 1. The normalized spacial score (nSPS) is 11.0. The summed E-state index contributed by atoms with van der Waals surface area (Å²) in [4.78, 5) is 11.6. The number of hydrazine groups is 2. The Morgan fingerprint density at radius 1 is 1.19 bits per heavy atom. The van der Waals surface area contributed by atoms with Crippen LogP contribution in [-0.4, -0.2) is 13.1 Å². The van der Waals surface area contributed by atoms with Crippen LogP contribution < -0.4 is 31.6 Å². The third kappa shape index (κ3) is 4.16. The van der Waals surface area contributed by atoms with Crippen LogP contribution in [0.5, 0.6) is 11.5 Å². The number of amides is 2. The second kappa shape index (κ2) is 7.93. The highest BCUT2D eigenvalue weighted by molar-refractivity contribution is 5.92. The number of anilines is 1. The van der Waals surface area contributed by atoms with E-state index in [0.29, 0.717) is 5.01 Å². The molecule has 2 amide bonds. The Balaban J connectivity index is 2.37. The Kier molecular flexibility index (Phi) is 5.90. The molecule has 0 spiro atoms. The summed E-state index contributed by atoms with van der Waals surface area (Å²) in [6.45, 7) is -0.416. The van der Waals surface area contributed by atoms with Gasteiger partial charge in [-0.05, 0) is 18.2 Å². The van der Waals surface area contributed by atoms with Gasteiger partial charge in [0, 0.05) is 5.56 Å². The van der Waals surface area contributed by atoms with E-state index >= 15 is 0 Å². The number of nitrogens with zero attached hydrogens (tertiary/aromatic N) is 1. The maximum atomic E-state index is 13.1. The van der Waals surface area contributed by atoms with Crippen molar-refractivity contribution in [2.45, 2.75) is 12.8 Å². The van der Waals surface area contributed by atoms with Crippen molar-refractivity contribution < 1.29 is 27.4 Å². The van der Waals surface area contributed by atoms with E-state index in [0.717, 1.165) is 6.07 Å². The van der Waals surface area contributed by atoms with Gasteiger partial charge in [-0.1, -0.05) is 24.3 Å². The number of benzene rings is 2. The van der Waals surface area contributed by atoms with Crippen LogP contribution in [0.3, 0.4) is 0 Å². The molecule has 7 nitrogen and oxygen atoms in total. The van der Waals surface area contributed by atoms with Crippen LogP contribution in [0.2, 0.25) is 0 Å². The zero-order valence-electron chi connectivity index (χ0n) is 13.7. The van der Waals surface area contributed by atoms with Crippen LogP contribution in [0.1, 0.15) is 11.1 Å². The molecule has 0 saturated carbocycles. The summed E-state index contributed by atoms with van der Waals surface area (Å²) in [5.41, 5.74) is 1.02. The second-order valence-electron chi connectivity index (χ2n) is 5.07. The van der Waals surface area contributed by atoms with Gasteiger partial charge in [-0.15, -0.1) is 0 Å². The summed E-state index contributed by atoms with van der Waals surface area (Å²) in [7, 11) is 1.35. The topological polar surface area (TPSA) is 103 Å². The van der Waals surface area contributed by atoms with Crippen LogP contribution in [0.15, 0.2) is 42.5 Å². The molecule has 0 unspecified atom stereocenters. The monoisotopic (exact) mass is 370 g/mol. The van der Waals surface area contributed by atoms with Crippen molar-refractivity contribution in [3.8, 4) is 11.5 Å². The molecule has 2 aromatic carbocycles. The zero-order chi connectivity index (χ0) is 19.3. The molecule has 0 saturated heterocycles. The van der Waals surface area contributed by atoms with E-state index in [1.807, 2.05) is 5.43 Å². The van der Waals surface area contributed by atoms with E-state index in [2.05, 4.69) is 0 Å². The Morgan fingerprint density at radius 2 is 1.88 bits per heavy atom. The predicted molar refractivity (Wildman–Crippen MR) is 88.2 cm³/mol. The first-order chi connectivity index (χ1) is 12.3. The van der Waals surface area contributed by atoms with Crippen molar-refractivity contribution in [2.24, 2.45) is 11.7 Å². The zero-order valence-corrected chi connectivity index (χ0v) is 13.7. The fraction of sp³-hybridized carbons (Fsp3) is 0.188. The van der Waals surface area contributed by atoms with E-state index < -0.39 is 24.4 Å². The van der Waals surface area contributed by atoms with E-state index in [4.69, 9.17) is 21.2 Å². The number of methoxy groups -OCH3 is 1. The van der Waals surface area contributed by atoms with Gasteiger partial charge in [0.15, 0.2) is 11.5 Å². The molecule has 0 aromatic heterocycles. The maximum Gasteiger partial charge on any atom is 0.416 e. The summed E-state index contributed by atoms with van der Waals surface area (Å²) >= 11 is 0. The molecule has 26 heavy (non-hydrogen) atoms. The highest BCUT2D eigenvalue weighted by atomic mass is 19.4. The lowest BCUT2D eigenvalue weighted by Crippen LogP contribution is -2.47. The molecule has 2 aromatic rings. The number of halogens is 3. The van der Waals surface area contributed by atoms with Crippen LogP contribution in [0, 0.1) is 0 Å². The summed E-state index contributed by atoms with van der Waals surface area (Å²) in [5.74, 6) is 10.9. The lowest BCUT2D eigenvalue weighted by Gasteiger charge is -2.21. The third-order valence-corrected chi connectivity index (χ3v) is 3.47. The number of alkyl halides is 3. The summed E-state index contributed by atoms with van der Waals surface area (Å²) in [6.07, 6.45) is -4.52. The maximum absolute atomic E-state index is 13.1. The van der Waals surface area contributed by atoms with Crippen molar-refractivity contribution >= 4 is 11.7 Å². The number of nitrogens with two attached hydrogens (primary N) is 2. The van der Waals surface area contributed by atoms with Crippen molar-refractivity contribution in [2.75, 3.05) is 12.1 Å². The first-order valence-corrected chi connectivity index (χ1v) is 7.30. The summed E-state index contributed by atoms with van der Waals surface area (Å²) < 4.78 is 50.0. The fourth-order valence-electron chi connectivity index (χ4n) is 2.25. The number of carbonyl (C=O) groups excluding carboxylic acids is 1. The molecule has 10 heteroatoms. The number of rotatable bonds is 5. The van der Waals surface area contributed by atoms with E-state index in [-0.39, 0.29) is 22.7 Å². The molecule has 0 fully saturated rings. The largest absolute Gasteiger partial charge is 0.493 e. The Morgan fingerprint density at radius 3 is 2.50 bits per heavy atom. The minimum absolute atomic E-state index is 0.00178. The van der Waals surface area contributed by atoms with Crippen LogP contribution >= 0.6 is 0 Å². The highest BCUT2D eigenvalue weighted by Gasteiger charge is 2.33. The standard InChI is InChI=1S/C16H17F3N4O3/c1-25-13-8-4-7-12(23(21)15(24)22-20)14(13)26-9-10-5-2-3-6-11(10)16(17,18)19/h2-8H,9,20-21H2,1H3,(H,22,24). The molecule has 0 aliphatic heterocycles. The van der Waals surface area contributed by atoms with Gasteiger partial charge in [0.1, 0.15) is 12.3 Å². The minimum atomic E-state index is -4.52. The average molecular weight is 370 g/mol. The molecule has 0 bridgehead atoms. The molecule has 0 aliphatic carbocycles. The molecule has 0 radical (unpaired) electrons. The number of carbonyl (C=O) groups is 1. The molecular formula is C16H17F3N4O3. The second-order valence-corrected chi connectivity index (χ2v) is 5.07. The van der Waals surface area contributed by atoms with Gasteiger partial charge in [0.05, 0.1) is 12.7 Å². The van der Waals surface area contributed by atoms with Gasteiger partial charge in [0.25, 0.3) is 0 Å². The first kappa shape index (κ1) is 19.3. The highest BCUT2D eigenvalue weighted by Crippen LogP contribution is 2.38.